The Kier molecular flexibility index (Phi) is 18.3. The SMILES string of the molecule is Cc1cc[n+](C)c(-c2cc(-c3ccccc3)c3c(c2C)Cc2ccccc2-3)c1.[2H]C(C)(C)c1c[n+](C)c(-c2ccc3c(c2C)Cc2cc(C)ccc2-3)cc1C.[2H]C([2H])([2H])c1ccc(-c2cc(-c3ccccc3)c3c(c2C)Cc2ccccc2-3)[n+](C)c1.[2H]C([2H])(c1c[n+](C)c(-c2ccc3c(c2C)Cc2cc(C)ccc2-3)cc1C)C(C)(C)C. The van der Waals surface area contributed by atoms with Crippen molar-refractivity contribution in [3.05, 3.63) is 354 Å². The number of pyridine rings is 4. The van der Waals surface area contributed by atoms with Gasteiger partial charge < -0.3 is 0 Å². The van der Waals surface area contributed by atoms with E-state index >= 15 is 0 Å². The van der Waals surface area contributed by atoms with E-state index in [0.717, 1.165) is 59.3 Å². The zero-order valence-electron chi connectivity index (χ0n) is 73.7. The molecule has 0 spiro atoms. The van der Waals surface area contributed by atoms with Gasteiger partial charge in [0.2, 0.25) is 22.8 Å². The van der Waals surface area contributed by atoms with Crippen molar-refractivity contribution in [2.75, 3.05) is 0 Å². The molecule has 0 saturated carbocycles. The zero-order valence-corrected chi connectivity index (χ0v) is 67.7. The summed E-state index contributed by atoms with van der Waals surface area (Å²) in [6.07, 6.45) is 10.5. The van der Waals surface area contributed by atoms with Crippen molar-refractivity contribution in [3.8, 4) is 112 Å². The second-order valence-electron chi connectivity index (χ2n) is 32.7. The molecule has 10 aromatic carbocycles. The Morgan fingerprint density at radius 2 is 0.755 bits per heavy atom. The normalized spacial score (nSPS) is 13.4. The lowest BCUT2D eigenvalue weighted by Gasteiger charge is -2.19. The molecule has 4 aliphatic carbocycles. The van der Waals surface area contributed by atoms with Crippen LogP contribution in [-0.4, -0.2) is 0 Å². The lowest BCUT2D eigenvalue weighted by molar-refractivity contribution is -0.661. The van der Waals surface area contributed by atoms with Crippen molar-refractivity contribution < 1.29 is 26.5 Å². The zero-order chi connectivity index (χ0) is 82.5. The average molecular weight is 1440 g/mol. The number of rotatable bonds is 8. The molecule has 0 amide bonds. The number of benzene rings is 10. The molecule has 18 rings (SSSR count). The van der Waals surface area contributed by atoms with E-state index in [1.54, 1.807) is 12.3 Å². The summed E-state index contributed by atoms with van der Waals surface area (Å²) in [6.45, 7) is 27.3. The van der Waals surface area contributed by atoms with Crippen LogP contribution in [0.15, 0.2) is 243 Å². The van der Waals surface area contributed by atoms with Gasteiger partial charge in [0.1, 0.15) is 28.2 Å². The summed E-state index contributed by atoms with van der Waals surface area (Å²) >= 11 is 0. The van der Waals surface area contributed by atoms with E-state index < -0.39 is 24.5 Å². The van der Waals surface area contributed by atoms with E-state index in [2.05, 4.69) is 296 Å². The summed E-state index contributed by atoms with van der Waals surface area (Å²) in [7, 11) is 8.18. The number of aromatic nitrogens is 4. The van der Waals surface area contributed by atoms with Gasteiger partial charge in [-0.05, 0) is 293 Å². The maximum Gasteiger partial charge on any atom is 0.212 e. The van der Waals surface area contributed by atoms with E-state index in [0.29, 0.717) is 5.56 Å². The first-order chi connectivity index (χ1) is 55.1. The average Bonchev–Trinajstić information content (AvgIpc) is 1.54. The highest BCUT2D eigenvalue weighted by Gasteiger charge is 2.32. The van der Waals surface area contributed by atoms with Gasteiger partial charge >= 0.3 is 0 Å². The predicted octanol–water partition coefficient (Wildman–Crippen LogP) is 24.1. The second kappa shape index (κ2) is 30.0. The fourth-order valence-corrected chi connectivity index (χ4v) is 17.8. The van der Waals surface area contributed by atoms with Crippen molar-refractivity contribution in [2.24, 2.45) is 33.6 Å². The topological polar surface area (TPSA) is 15.5 Å². The molecule has 14 aromatic rings. The van der Waals surface area contributed by atoms with Crippen LogP contribution in [0.3, 0.4) is 0 Å². The molecule has 4 aromatic heterocycles. The summed E-state index contributed by atoms with van der Waals surface area (Å²) in [6, 6.07) is 78.7. The van der Waals surface area contributed by atoms with E-state index in [9.17, 15) is 0 Å². The molecule has 0 saturated heterocycles. The Morgan fingerprint density at radius 3 is 1.25 bits per heavy atom. The Morgan fingerprint density at radius 1 is 0.345 bits per heavy atom. The van der Waals surface area contributed by atoms with Crippen LogP contribution >= 0.6 is 0 Å². The second-order valence-corrected chi connectivity index (χ2v) is 32.7. The molecule has 0 aliphatic heterocycles. The van der Waals surface area contributed by atoms with Crippen molar-refractivity contribution >= 4 is 0 Å². The van der Waals surface area contributed by atoms with Crippen LogP contribution in [0.25, 0.3) is 112 Å². The first-order valence-corrected chi connectivity index (χ1v) is 39.1. The van der Waals surface area contributed by atoms with E-state index in [1.807, 2.05) is 78.5 Å². The van der Waals surface area contributed by atoms with Gasteiger partial charge in [0.25, 0.3) is 0 Å². The molecule has 110 heavy (non-hydrogen) atoms. The molecule has 4 aliphatic rings. The quantitative estimate of drug-likeness (QED) is 0.135. The number of fused-ring (bicyclic) bond motifs is 12. The van der Waals surface area contributed by atoms with Crippen molar-refractivity contribution in [1.82, 2.24) is 0 Å². The fraction of sp³-hybridized carbons (Fsp3) is 0.245. The number of aryl methyl sites for hydroxylation is 10. The lowest BCUT2D eigenvalue weighted by atomic mass is 9.86. The Labute approximate surface area is 664 Å². The van der Waals surface area contributed by atoms with Crippen LogP contribution in [0.5, 0.6) is 0 Å². The van der Waals surface area contributed by atoms with Crippen LogP contribution < -0.4 is 18.3 Å². The molecule has 4 nitrogen and oxygen atoms in total. The fourth-order valence-electron chi connectivity index (χ4n) is 17.8. The van der Waals surface area contributed by atoms with Crippen molar-refractivity contribution in [3.63, 3.8) is 0 Å². The highest BCUT2D eigenvalue weighted by molar-refractivity contribution is 5.96. The van der Waals surface area contributed by atoms with E-state index in [1.165, 1.54) is 184 Å². The minimum absolute atomic E-state index is 0.355. The Bertz CT molecular complexity index is 6270. The van der Waals surface area contributed by atoms with Crippen LogP contribution in [0.4, 0.5) is 0 Å². The standard InChI is InChI=1S/2C27H24N.C27H32N.C25H28N/c1-18-13-14-26(28(3)17-18)23-16-25(20-9-5-4-6-10-20)27-22-12-8-7-11-21(22)15-24(27)19(23)2;1-18-13-14-28(3)26(15-18)23-17-25(20-9-5-4-6-10-20)27-22-12-8-7-11-21(22)16-24(27)19(23)2;1-17-8-9-23-20(12-17)14-25-19(3)22(10-11-24(23)25)26-13-18(2)21(16-28(26)7)15-27(4,5)6;1-15(2)24-14-26(6)25(12-17(24)4)20-9-10-22-21-8-7-16(3)11-19(21)13-23(22)18(20)5/h4-14,16-17H,15H2,1-3H3;4-15,17H,16H2,1-3H3;8-13,16H,14-15H2,1-7H3;7-12,14-15H,13H2,1-6H3/q4*+1/i1D3;;15D2;15D. The number of hydrogen-bond donors (Lipinski definition) is 0. The Hall–Kier alpha value is -11.2. The molecule has 0 fully saturated rings. The first kappa shape index (κ1) is 67.0. The Balaban J connectivity index is 0.000000122. The lowest BCUT2D eigenvalue weighted by Crippen LogP contribution is -2.32. The highest BCUT2D eigenvalue weighted by Crippen LogP contribution is 2.50. The minimum Gasteiger partial charge on any atom is -0.201 e. The molecule has 0 bridgehead atoms. The summed E-state index contributed by atoms with van der Waals surface area (Å²) in [5.74, 6) is -0.590. The van der Waals surface area contributed by atoms with Crippen LogP contribution in [0.2, 0.25) is 0 Å². The number of nitrogens with zero attached hydrogens (tertiary/aromatic N) is 4. The van der Waals surface area contributed by atoms with Crippen LogP contribution in [0.1, 0.15) is 160 Å². The smallest absolute Gasteiger partial charge is 0.201 e. The third-order valence-corrected chi connectivity index (χ3v) is 23.5. The molecular formula is C106H108N4+4. The summed E-state index contributed by atoms with van der Waals surface area (Å²) in [4.78, 5) is 0. The molecule has 0 N–H and O–H groups in total. The van der Waals surface area contributed by atoms with Gasteiger partial charge in [-0.15, -0.1) is 0 Å². The van der Waals surface area contributed by atoms with Gasteiger partial charge in [-0.1, -0.05) is 203 Å². The monoisotopic (exact) mass is 1440 g/mol. The summed E-state index contributed by atoms with van der Waals surface area (Å²) < 4.78 is 57.5. The third kappa shape index (κ3) is 14.2. The van der Waals surface area contributed by atoms with E-state index in [-0.39, 0.29) is 0 Å². The van der Waals surface area contributed by atoms with E-state index in [4.69, 9.17) is 8.22 Å². The van der Waals surface area contributed by atoms with Gasteiger partial charge in [-0.25, -0.2) is 18.3 Å². The minimum atomic E-state index is -2.11. The molecule has 4 heteroatoms. The van der Waals surface area contributed by atoms with Gasteiger partial charge in [0, 0.05) is 77.5 Å². The van der Waals surface area contributed by atoms with Crippen LogP contribution in [-0.2, 0) is 60.2 Å². The van der Waals surface area contributed by atoms with Gasteiger partial charge in [-0.3, -0.25) is 0 Å². The largest absolute Gasteiger partial charge is 0.212 e. The first-order valence-electron chi connectivity index (χ1n) is 42.1. The molecular weight excluding hydrogens is 1330 g/mol. The molecule has 548 valence electrons. The van der Waals surface area contributed by atoms with Gasteiger partial charge in [0.15, 0.2) is 24.8 Å². The van der Waals surface area contributed by atoms with Crippen molar-refractivity contribution in [1.29, 1.82) is 0 Å². The molecule has 4 heterocycles. The van der Waals surface area contributed by atoms with Gasteiger partial charge in [0.05, 0.1) is 0 Å². The summed E-state index contributed by atoms with van der Waals surface area (Å²) in [5, 5.41) is 0. The maximum atomic E-state index is 8.72. The summed E-state index contributed by atoms with van der Waals surface area (Å²) in [5.41, 5.74) is 50.1. The van der Waals surface area contributed by atoms with Crippen molar-refractivity contribution in [2.45, 2.75) is 142 Å². The molecule has 0 atom stereocenters. The molecule has 0 unspecified atom stereocenters. The maximum absolute atomic E-state index is 8.72. The third-order valence-electron chi connectivity index (χ3n) is 23.5. The predicted molar refractivity (Wildman–Crippen MR) is 461 cm³/mol. The van der Waals surface area contributed by atoms with Gasteiger partial charge in [-0.2, -0.15) is 0 Å². The number of hydrogen-bond acceptors (Lipinski definition) is 0. The highest BCUT2D eigenvalue weighted by atomic mass is 14.9. The molecule has 0 radical (unpaired) electrons. The van der Waals surface area contributed by atoms with Crippen LogP contribution in [0, 0.1) is 74.6 Å².